The first-order chi connectivity index (χ1) is 8.07. The smallest absolute Gasteiger partial charge is 0.222 e. The van der Waals surface area contributed by atoms with Crippen molar-refractivity contribution in [2.45, 2.75) is 37.8 Å². The van der Waals surface area contributed by atoms with E-state index in [2.05, 4.69) is 5.32 Å². The average Bonchev–Trinajstić information content (AvgIpc) is 2.26. The van der Waals surface area contributed by atoms with Gasteiger partial charge in [-0.1, -0.05) is 12.1 Å². The van der Waals surface area contributed by atoms with Crippen molar-refractivity contribution in [3.05, 3.63) is 29.8 Å². The quantitative estimate of drug-likeness (QED) is 0.734. The van der Waals surface area contributed by atoms with Crippen LogP contribution in [0.4, 0.5) is 0 Å². The number of phenolic OH excluding ortho intramolecular Hbond substituents is 1. The van der Waals surface area contributed by atoms with E-state index in [1.54, 1.807) is 24.3 Å². The third-order valence-corrected chi connectivity index (χ3v) is 3.29. The molecule has 0 bridgehead atoms. The molecular weight excluding hydrogens is 216 g/mol. The summed E-state index contributed by atoms with van der Waals surface area (Å²) in [6.45, 7) is 0.481. The van der Waals surface area contributed by atoms with Crippen LogP contribution in [0.1, 0.15) is 31.2 Å². The summed E-state index contributed by atoms with van der Waals surface area (Å²) in [6.07, 6.45) is 3.42. The molecule has 4 heteroatoms. The molecule has 1 aliphatic rings. The number of aromatic hydroxyl groups is 1. The van der Waals surface area contributed by atoms with E-state index in [0.717, 1.165) is 24.8 Å². The molecular formula is C13H18N2O2. The fourth-order valence-corrected chi connectivity index (χ4v) is 2.00. The van der Waals surface area contributed by atoms with Crippen LogP contribution in [0.25, 0.3) is 0 Å². The van der Waals surface area contributed by atoms with Crippen LogP contribution in [0, 0.1) is 0 Å². The molecule has 0 saturated heterocycles. The SMILES string of the molecule is NC1(CC(=O)NCc2ccc(O)cc2)CCC1. The highest BCUT2D eigenvalue weighted by atomic mass is 16.3. The van der Waals surface area contributed by atoms with Crippen LogP contribution in [-0.2, 0) is 11.3 Å². The standard InChI is InChI=1S/C13H18N2O2/c14-13(6-1-7-13)8-12(17)15-9-10-2-4-11(16)5-3-10/h2-5,16H,1,6-9,14H2,(H,15,17). The minimum atomic E-state index is -0.265. The van der Waals surface area contributed by atoms with E-state index in [1.165, 1.54) is 0 Å². The van der Waals surface area contributed by atoms with Crippen molar-refractivity contribution in [2.24, 2.45) is 5.73 Å². The summed E-state index contributed by atoms with van der Waals surface area (Å²) in [5.74, 6) is 0.232. The Hall–Kier alpha value is -1.55. The zero-order valence-corrected chi connectivity index (χ0v) is 9.78. The van der Waals surface area contributed by atoms with Crippen molar-refractivity contribution in [3.8, 4) is 5.75 Å². The Balaban J connectivity index is 1.78. The van der Waals surface area contributed by atoms with Gasteiger partial charge in [0.05, 0.1) is 0 Å². The number of nitrogens with two attached hydrogens (primary N) is 1. The summed E-state index contributed by atoms with van der Waals surface area (Å²) in [5, 5.41) is 12.0. The first kappa shape index (κ1) is 11.9. The topological polar surface area (TPSA) is 75.4 Å². The molecule has 1 fully saturated rings. The van der Waals surface area contributed by atoms with Gasteiger partial charge in [-0.3, -0.25) is 4.79 Å². The second-order valence-electron chi connectivity index (χ2n) is 4.84. The van der Waals surface area contributed by atoms with Gasteiger partial charge in [-0.25, -0.2) is 0 Å². The zero-order chi connectivity index (χ0) is 12.3. The molecule has 17 heavy (non-hydrogen) atoms. The predicted octanol–water partition coefficient (Wildman–Crippen LogP) is 1.28. The number of hydrogen-bond donors (Lipinski definition) is 3. The van der Waals surface area contributed by atoms with E-state index in [-0.39, 0.29) is 17.2 Å². The normalized spacial score (nSPS) is 17.2. The molecule has 4 N–H and O–H groups in total. The first-order valence-corrected chi connectivity index (χ1v) is 5.91. The monoisotopic (exact) mass is 234 g/mol. The Kier molecular flexibility index (Phi) is 3.33. The van der Waals surface area contributed by atoms with E-state index in [0.29, 0.717) is 13.0 Å². The van der Waals surface area contributed by atoms with Gasteiger partial charge in [-0.2, -0.15) is 0 Å². The molecule has 2 rings (SSSR count). The molecule has 1 saturated carbocycles. The Bertz CT molecular complexity index is 396. The van der Waals surface area contributed by atoms with Crippen LogP contribution in [0.5, 0.6) is 5.75 Å². The van der Waals surface area contributed by atoms with Crippen LogP contribution >= 0.6 is 0 Å². The van der Waals surface area contributed by atoms with Gasteiger partial charge in [0, 0.05) is 18.5 Å². The molecule has 4 nitrogen and oxygen atoms in total. The second kappa shape index (κ2) is 4.75. The Morgan fingerprint density at radius 2 is 2.00 bits per heavy atom. The summed E-state index contributed by atoms with van der Waals surface area (Å²) in [6, 6.07) is 6.80. The van der Waals surface area contributed by atoms with Crippen LogP contribution in [0.3, 0.4) is 0 Å². The Labute approximate surface area is 101 Å². The van der Waals surface area contributed by atoms with Gasteiger partial charge >= 0.3 is 0 Å². The molecule has 0 heterocycles. The van der Waals surface area contributed by atoms with Crippen molar-refractivity contribution in [3.63, 3.8) is 0 Å². The van der Waals surface area contributed by atoms with Crippen LogP contribution in [-0.4, -0.2) is 16.6 Å². The van der Waals surface area contributed by atoms with Crippen LogP contribution < -0.4 is 11.1 Å². The lowest BCUT2D eigenvalue weighted by Gasteiger charge is -2.37. The van der Waals surface area contributed by atoms with Crippen molar-refractivity contribution in [2.75, 3.05) is 0 Å². The van der Waals surface area contributed by atoms with Gasteiger partial charge in [0.2, 0.25) is 5.91 Å². The third-order valence-electron chi connectivity index (χ3n) is 3.29. The number of phenols is 1. The summed E-state index contributed by atoms with van der Waals surface area (Å²) >= 11 is 0. The summed E-state index contributed by atoms with van der Waals surface area (Å²) in [7, 11) is 0. The lowest BCUT2D eigenvalue weighted by molar-refractivity contribution is -0.123. The van der Waals surface area contributed by atoms with E-state index >= 15 is 0 Å². The molecule has 0 aliphatic heterocycles. The highest BCUT2D eigenvalue weighted by Gasteiger charge is 2.34. The van der Waals surface area contributed by atoms with Crippen molar-refractivity contribution < 1.29 is 9.90 Å². The molecule has 0 radical (unpaired) electrons. The maximum atomic E-state index is 11.7. The highest BCUT2D eigenvalue weighted by molar-refractivity contribution is 5.77. The maximum Gasteiger partial charge on any atom is 0.222 e. The van der Waals surface area contributed by atoms with E-state index in [4.69, 9.17) is 10.8 Å². The maximum absolute atomic E-state index is 11.7. The lowest BCUT2D eigenvalue weighted by atomic mass is 9.75. The van der Waals surface area contributed by atoms with Gasteiger partial charge in [-0.05, 0) is 37.0 Å². The van der Waals surface area contributed by atoms with Crippen molar-refractivity contribution in [1.82, 2.24) is 5.32 Å². The number of amides is 1. The Morgan fingerprint density at radius 3 is 2.53 bits per heavy atom. The van der Waals surface area contributed by atoms with Gasteiger partial charge in [0.25, 0.3) is 0 Å². The predicted molar refractivity (Wildman–Crippen MR) is 65.3 cm³/mol. The van der Waals surface area contributed by atoms with Crippen molar-refractivity contribution >= 4 is 5.91 Å². The van der Waals surface area contributed by atoms with Crippen molar-refractivity contribution in [1.29, 1.82) is 0 Å². The molecule has 0 spiro atoms. The van der Waals surface area contributed by atoms with Gasteiger partial charge in [0.1, 0.15) is 5.75 Å². The summed E-state index contributed by atoms with van der Waals surface area (Å²) < 4.78 is 0. The van der Waals surface area contributed by atoms with E-state index in [9.17, 15) is 4.79 Å². The molecule has 0 aromatic heterocycles. The highest BCUT2D eigenvalue weighted by Crippen LogP contribution is 2.31. The molecule has 1 aliphatic carbocycles. The zero-order valence-electron chi connectivity index (χ0n) is 9.78. The fraction of sp³-hybridized carbons (Fsp3) is 0.462. The van der Waals surface area contributed by atoms with Crippen LogP contribution in [0.15, 0.2) is 24.3 Å². The third kappa shape index (κ3) is 3.20. The molecule has 0 unspecified atom stereocenters. The second-order valence-corrected chi connectivity index (χ2v) is 4.84. The van der Waals surface area contributed by atoms with Crippen LogP contribution in [0.2, 0.25) is 0 Å². The summed E-state index contributed by atoms with van der Waals surface area (Å²) in [4.78, 5) is 11.7. The van der Waals surface area contributed by atoms with E-state index in [1.807, 2.05) is 0 Å². The minimum Gasteiger partial charge on any atom is -0.508 e. The molecule has 1 aromatic carbocycles. The average molecular weight is 234 g/mol. The van der Waals surface area contributed by atoms with Gasteiger partial charge < -0.3 is 16.2 Å². The Morgan fingerprint density at radius 1 is 1.35 bits per heavy atom. The number of carbonyl (C=O) groups is 1. The largest absolute Gasteiger partial charge is 0.508 e. The number of hydrogen-bond acceptors (Lipinski definition) is 3. The number of carbonyl (C=O) groups excluding carboxylic acids is 1. The molecule has 1 aromatic rings. The fourth-order valence-electron chi connectivity index (χ4n) is 2.00. The molecule has 1 amide bonds. The summed E-state index contributed by atoms with van der Waals surface area (Å²) in [5.41, 5.74) is 6.70. The van der Waals surface area contributed by atoms with E-state index < -0.39 is 0 Å². The molecule has 0 atom stereocenters. The van der Waals surface area contributed by atoms with Gasteiger partial charge in [-0.15, -0.1) is 0 Å². The number of rotatable bonds is 4. The number of nitrogens with one attached hydrogen (secondary N) is 1. The lowest BCUT2D eigenvalue weighted by Crippen LogP contribution is -2.49. The number of benzene rings is 1. The first-order valence-electron chi connectivity index (χ1n) is 5.91. The van der Waals surface area contributed by atoms with Gasteiger partial charge in [0.15, 0.2) is 0 Å². The minimum absolute atomic E-state index is 0.000255. The molecule has 92 valence electrons.